The van der Waals surface area contributed by atoms with E-state index in [4.69, 9.17) is 10.2 Å². The fourth-order valence-corrected chi connectivity index (χ4v) is 2.23. The zero-order valence-electron chi connectivity index (χ0n) is 13.6. The largest absolute Gasteiger partial charge is 0.394 e. The van der Waals surface area contributed by atoms with Crippen LogP contribution in [0.25, 0.3) is 6.08 Å². The molecule has 21 heavy (non-hydrogen) atoms. The summed E-state index contributed by atoms with van der Waals surface area (Å²) in [7, 11) is 0. The van der Waals surface area contributed by atoms with Crippen LogP contribution in [0.3, 0.4) is 0 Å². The molecule has 2 nitrogen and oxygen atoms in total. The van der Waals surface area contributed by atoms with Crippen molar-refractivity contribution in [1.29, 1.82) is 0 Å². The molecule has 2 N–H and O–H groups in total. The van der Waals surface area contributed by atoms with E-state index in [-0.39, 0.29) is 13.2 Å². The predicted octanol–water partition coefficient (Wildman–Crippen LogP) is 4.59. The van der Waals surface area contributed by atoms with E-state index in [9.17, 15) is 0 Å². The van der Waals surface area contributed by atoms with Crippen LogP contribution < -0.4 is 0 Å². The van der Waals surface area contributed by atoms with Gasteiger partial charge >= 0.3 is 0 Å². The van der Waals surface area contributed by atoms with Gasteiger partial charge in [0.05, 0.1) is 13.2 Å². The lowest BCUT2D eigenvalue weighted by Gasteiger charge is -2.05. The summed E-state index contributed by atoms with van der Waals surface area (Å²) < 4.78 is 0. The minimum Gasteiger partial charge on any atom is -0.394 e. The first-order chi connectivity index (χ1) is 10.3. The molecule has 0 fully saturated rings. The monoisotopic (exact) mass is 292 g/mol. The smallest absolute Gasteiger partial charge is 0.0662 e. The molecule has 0 amide bonds. The summed E-state index contributed by atoms with van der Waals surface area (Å²) in [5, 5.41) is 15.2. The Morgan fingerprint density at radius 1 is 0.905 bits per heavy atom. The van der Waals surface area contributed by atoms with Gasteiger partial charge in [0.25, 0.3) is 0 Å². The summed E-state index contributed by atoms with van der Waals surface area (Å²) in [6.07, 6.45) is 12.8. The summed E-state index contributed by atoms with van der Waals surface area (Å²) >= 11 is 0. The molecule has 0 bridgehead atoms. The van der Waals surface area contributed by atoms with E-state index in [1.54, 1.807) is 0 Å². The van der Waals surface area contributed by atoms with Gasteiger partial charge in [0.15, 0.2) is 0 Å². The first-order valence-electron chi connectivity index (χ1n) is 8.22. The Hall–Kier alpha value is -1.12. The Morgan fingerprint density at radius 2 is 1.48 bits per heavy atom. The van der Waals surface area contributed by atoms with Gasteiger partial charge in [-0.05, 0) is 24.0 Å². The van der Waals surface area contributed by atoms with Crippen molar-refractivity contribution in [3.05, 3.63) is 42.0 Å². The van der Waals surface area contributed by atoms with E-state index in [0.717, 1.165) is 0 Å². The van der Waals surface area contributed by atoms with Gasteiger partial charge < -0.3 is 10.2 Å². The van der Waals surface area contributed by atoms with E-state index in [0.29, 0.717) is 0 Å². The van der Waals surface area contributed by atoms with Crippen LogP contribution in [0, 0.1) is 0 Å². The fourth-order valence-electron chi connectivity index (χ4n) is 2.23. The van der Waals surface area contributed by atoms with Gasteiger partial charge in [0, 0.05) is 0 Å². The summed E-state index contributed by atoms with van der Waals surface area (Å²) in [5.41, 5.74) is 2.76. The van der Waals surface area contributed by atoms with Crippen molar-refractivity contribution in [2.24, 2.45) is 0 Å². The van der Waals surface area contributed by atoms with Crippen molar-refractivity contribution in [2.45, 2.75) is 58.3 Å². The average molecular weight is 292 g/mol. The van der Waals surface area contributed by atoms with E-state index < -0.39 is 0 Å². The van der Waals surface area contributed by atoms with Crippen LogP contribution in [0.2, 0.25) is 0 Å². The Balaban J connectivity index is 0.000000885. The zero-order chi connectivity index (χ0) is 15.8. The van der Waals surface area contributed by atoms with E-state index >= 15 is 0 Å². The number of aliphatic hydroxyl groups is 2. The highest BCUT2D eigenvalue weighted by Crippen LogP contribution is 2.15. The molecule has 0 heterocycles. The molecule has 0 saturated heterocycles. The predicted molar refractivity (Wildman–Crippen MR) is 92.4 cm³/mol. The van der Waals surface area contributed by atoms with Gasteiger partial charge in [-0.2, -0.15) is 0 Å². The van der Waals surface area contributed by atoms with Crippen LogP contribution in [0.5, 0.6) is 0 Å². The van der Waals surface area contributed by atoms with Crippen LogP contribution in [0.1, 0.15) is 63.0 Å². The van der Waals surface area contributed by atoms with Gasteiger partial charge in [-0.15, -0.1) is 0 Å². The molecule has 0 spiro atoms. The highest BCUT2D eigenvalue weighted by atomic mass is 16.3. The Kier molecular flexibility index (Phi) is 14.5. The van der Waals surface area contributed by atoms with E-state index in [1.807, 2.05) is 6.08 Å². The molecule has 0 aliphatic carbocycles. The van der Waals surface area contributed by atoms with Crippen LogP contribution in [0.4, 0.5) is 0 Å². The van der Waals surface area contributed by atoms with Gasteiger partial charge in [0.2, 0.25) is 0 Å². The SMILES string of the molecule is C=Cc1ccccc1CCCCCCCCC.OCCO. The van der Waals surface area contributed by atoms with Crippen LogP contribution in [0.15, 0.2) is 30.8 Å². The van der Waals surface area contributed by atoms with E-state index in [2.05, 4.69) is 37.8 Å². The molecule has 0 aliphatic rings. The number of rotatable bonds is 10. The molecule has 0 saturated carbocycles. The highest BCUT2D eigenvalue weighted by Gasteiger charge is 1.98. The third kappa shape index (κ3) is 11.2. The van der Waals surface area contributed by atoms with Crippen LogP contribution in [-0.2, 0) is 6.42 Å². The normalized spacial score (nSPS) is 9.86. The maximum absolute atomic E-state index is 7.62. The second-order valence-electron chi connectivity index (χ2n) is 5.22. The maximum atomic E-state index is 7.62. The third-order valence-electron chi connectivity index (χ3n) is 3.42. The molecular formula is C19H32O2. The minimum atomic E-state index is -0.125. The van der Waals surface area contributed by atoms with Gasteiger partial charge in [-0.3, -0.25) is 0 Å². The summed E-state index contributed by atoms with van der Waals surface area (Å²) in [5.74, 6) is 0. The number of aryl methyl sites for hydroxylation is 1. The molecule has 2 heteroatoms. The van der Waals surface area contributed by atoms with Gasteiger partial charge in [-0.1, -0.05) is 82.4 Å². The Bertz CT molecular complexity index is 345. The standard InChI is InChI=1S/C17H26.C2H6O2/c1-3-5-6-7-8-9-10-14-17-15-12-11-13-16(17)4-2;3-1-2-4/h4,11-13,15H,2-3,5-10,14H2,1H3;3-4H,1-2H2. The Labute approximate surface area is 130 Å². The topological polar surface area (TPSA) is 40.5 Å². The lowest BCUT2D eigenvalue weighted by molar-refractivity contribution is 0.186. The van der Waals surface area contributed by atoms with Crippen molar-refractivity contribution in [3.63, 3.8) is 0 Å². The second-order valence-corrected chi connectivity index (χ2v) is 5.22. The fraction of sp³-hybridized carbons (Fsp3) is 0.579. The molecule has 0 unspecified atom stereocenters. The Morgan fingerprint density at radius 3 is 2.05 bits per heavy atom. The van der Waals surface area contributed by atoms with Gasteiger partial charge in [-0.25, -0.2) is 0 Å². The third-order valence-corrected chi connectivity index (χ3v) is 3.42. The molecule has 0 aliphatic heterocycles. The molecular weight excluding hydrogens is 260 g/mol. The molecule has 1 rings (SSSR count). The number of unbranched alkanes of at least 4 members (excludes halogenated alkanes) is 6. The van der Waals surface area contributed by atoms with E-state index in [1.165, 1.54) is 62.5 Å². The number of hydrogen-bond donors (Lipinski definition) is 2. The quantitative estimate of drug-likeness (QED) is 0.619. The number of hydrogen-bond acceptors (Lipinski definition) is 2. The maximum Gasteiger partial charge on any atom is 0.0662 e. The number of benzene rings is 1. The molecule has 0 aromatic heterocycles. The molecule has 0 atom stereocenters. The average Bonchev–Trinajstić information content (AvgIpc) is 2.54. The minimum absolute atomic E-state index is 0.125. The molecule has 120 valence electrons. The zero-order valence-corrected chi connectivity index (χ0v) is 13.6. The highest BCUT2D eigenvalue weighted by molar-refractivity contribution is 5.51. The first-order valence-corrected chi connectivity index (χ1v) is 8.22. The lowest BCUT2D eigenvalue weighted by atomic mass is 10.0. The molecule has 1 aromatic carbocycles. The summed E-state index contributed by atoms with van der Waals surface area (Å²) in [4.78, 5) is 0. The van der Waals surface area contributed by atoms with Crippen LogP contribution >= 0.6 is 0 Å². The van der Waals surface area contributed by atoms with Crippen molar-refractivity contribution in [3.8, 4) is 0 Å². The van der Waals surface area contributed by atoms with Crippen LogP contribution in [-0.4, -0.2) is 23.4 Å². The molecule has 0 radical (unpaired) electrons. The van der Waals surface area contributed by atoms with Crippen molar-refractivity contribution >= 4 is 6.08 Å². The summed E-state index contributed by atoms with van der Waals surface area (Å²) in [6, 6.07) is 8.60. The lowest BCUT2D eigenvalue weighted by Crippen LogP contribution is -1.89. The first kappa shape index (κ1) is 19.9. The summed E-state index contributed by atoms with van der Waals surface area (Å²) in [6.45, 7) is 5.89. The van der Waals surface area contributed by atoms with Crippen molar-refractivity contribution in [2.75, 3.05) is 13.2 Å². The van der Waals surface area contributed by atoms with Gasteiger partial charge in [0.1, 0.15) is 0 Å². The number of aliphatic hydroxyl groups excluding tert-OH is 2. The van der Waals surface area contributed by atoms with Crippen molar-refractivity contribution < 1.29 is 10.2 Å². The second kappa shape index (κ2) is 15.3. The van der Waals surface area contributed by atoms with Crippen molar-refractivity contribution in [1.82, 2.24) is 0 Å². The molecule has 1 aromatic rings.